The van der Waals surface area contributed by atoms with Crippen LogP contribution in [0, 0.1) is 12.7 Å². The van der Waals surface area contributed by atoms with Gasteiger partial charge in [0.05, 0.1) is 6.54 Å². The van der Waals surface area contributed by atoms with Crippen molar-refractivity contribution in [3.05, 3.63) is 65.1 Å². The molecule has 0 bridgehead atoms. The van der Waals surface area contributed by atoms with E-state index in [4.69, 9.17) is 5.73 Å². The van der Waals surface area contributed by atoms with E-state index in [9.17, 15) is 9.18 Å². The lowest BCUT2D eigenvalue weighted by molar-refractivity contribution is -0.129. The predicted molar refractivity (Wildman–Crippen MR) is 115 cm³/mol. The molecule has 1 aliphatic heterocycles. The quantitative estimate of drug-likeness (QED) is 0.813. The summed E-state index contributed by atoms with van der Waals surface area (Å²) in [6.45, 7) is 6.94. The number of pyridine rings is 1. The summed E-state index contributed by atoms with van der Waals surface area (Å²) in [5.74, 6) is 0.675. The number of aromatic nitrogens is 1. The molecule has 1 amide bonds. The maximum absolute atomic E-state index is 13.6. The molecule has 1 aliphatic rings. The molecular weight excluding hydrogens is 367 g/mol. The molecule has 0 spiro atoms. The Morgan fingerprint density at radius 2 is 1.97 bits per heavy atom. The summed E-state index contributed by atoms with van der Waals surface area (Å²) >= 11 is 0. The van der Waals surface area contributed by atoms with Gasteiger partial charge in [0, 0.05) is 37.9 Å². The van der Waals surface area contributed by atoms with Crippen LogP contribution >= 0.6 is 0 Å². The summed E-state index contributed by atoms with van der Waals surface area (Å²) in [4.78, 5) is 20.4. The van der Waals surface area contributed by atoms with Gasteiger partial charge in [0.2, 0.25) is 5.91 Å². The lowest BCUT2D eigenvalue weighted by Gasteiger charge is -2.35. The number of halogens is 1. The molecule has 0 aliphatic carbocycles. The number of amides is 1. The highest BCUT2D eigenvalue weighted by atomic mass is 19.1. The van der Waals surface area contributed by atoms with E-state index in [1.807, 2.05) is 25.3 Å². The first-order valence-electron chi connectivity index (χ1n) is 10.2. The van der Waals surface area contributed by atoms with Gasteiger partial charge in [-0.3, -0.25) is 4.79 Å². The monoisotopic (exact) mass is 396 g/mol. The van der Waals surface area contributed by atoms with Gasteiger partial charge in [0.25, 0.3) is 0 Å². The van der Waals surface area contributed by atoms with Crippen molar-refractivity contribution in [1.82, 2.24) is 9.88 Å². The van der Waals surface area contributed by atoms with Gasteiger partial charge >= 0.3 is 0 Å². The Kier molecular flexibility index (Phi) is 6.99. The highest BCUT2D eigenvalue weighted by molar-refractivity contribution is 5.81. The number of carbonyl (C=O) groups is 1. The fourth-order valence-corrected chi connectivity index (χ4v) is 3.65. The summed E-state index contributed by atoms with van der Waals surface area (Å²) in [6, 6.07) is 9.01. The molecular formula is C23H29FN4O. The maximum Gasteiger partial charge on any atom is 0.236 e. The fraction of sp³-hybridized carbons (Fsp3) is 0.391. The average Bonchev–Trinajstić information content (AvgIpc) is 2.75. The van der Waals surface area contributed by atoms with E-state index >= 15 is 0 Å². The zero-order chi connectivity index (χ0) is 20.8. The van der Waals surface area contributed by atoms with E-state index in [1.54, 1.807) is 11.0 Å². The minimum Gasteiger partial charge on any atom is -0.353 e. The van der Waals surface area contributed by atoms with Crippen LogP contribution in [0.15, 0.2) is 42.6 Å². The number of piperazine rings is 1. The number of hydrogen-bond donors (Lipinski definition) is 1. The minimum atomic E-state index is -0.221. The Balaban J connectivity index is 1.79. The van der Waals surface area contributed by atoms with Gasteiger partial charge in [-0.25, -0.2) is 9.37 Å². The van der Waals surface area contributed by atoms with Crippen LogP contribution in [0.5, 0.6) is 0 Å². The van der Waals surface area contributed by atoms with E-state index in [-0.39, 0.29) is 18.3 Å². The number of rotatable bonds is 6. The van der Waals surface area contributed by atoms with Gasteiger partial charge in [-0.2, -0.15) is 0 Å². The Bertz CT molecular complexity index is 871. The van der Waals surface area contributed by atoms with Crippen LogP contribution < -0.4 is 10.6 Å². The fourth-order valence-electron chi connectivity index (χ4n) is 3.65. The SMILES string of the molecule is CCC/C=C(/c1ccc(N2CCN(C(=O)CN)CC2)nc1)c1ccc(F)cc1C. The molecule has 2 aromatic rings. The smallest absolute Gasteiger partial charge is 0.236 e. The summed E-state index contributed by atoms with van der Waals surface area (Å²) in [5, 5.41) is 0. The second-order valence-corrected chi connectivity index (χ2v) is 7.34. The van der Waals surface area contributed by atoms with E-state index in [0.717, 1.165) is 54.0 Å². The molecule has 5 nitrogen and oxygen atoms in total. The van der Waals surface area contributed by atoms with Crippen molar-refractivity contribution in [2.75, 3.05) is 37.6 Å². The van der Waals surface area contributed by atoms with Crippen molar-refractivity contribution in [2.45, 2.75) is 26.7 Å². The van der Waals surface area contributed by atoms with Crippen molar-refractivity contribution in [3.8, 4) is 0 Å². The van der Waals surface area contributed by atoms with E-state index < -0.39 is 0 Å². The van der Waals surface area contributed by atoms with Crippen LogP contribution in [0.4, 0.5) is 10.2 Å². The number of aryl methyl sites for hydroxylation is 1. The summed E-state index contributed by atoms with van der Waals surface area (Å²) in [5.41, 5.74) is 9.50. The molecule has 2 N–H and O–H groups in total. The van der Waals surface area contributed by atoms with Gasteiger partial charge in [-0.15, -0.1) is 0 Å². The molecule has 2 heterocycles. The first kappa shape index (κ1) is 21.0. The van der Waals surface area contributed by atoms with Crippen molar-refractivity contribution in [2.24, 2.45) is 5.73 Å². The number of nitrogens with zero attached hydrogens (tertiary/aromatic N) is 3. The van der Waals surface area contributed by atoms with Gasteiger partial charge in [-0.05, 0) is 54.3 Å². The van der Waals surface area contributed by atoms with Crippen LogP contribution in [0.25, 0.3) is 5.57 Å². The lowest BCUT2D eigenvalue weighted by atomic mass is 9.94. The molecule has 6 heteroatoms. The Hall–Kier alpha value is -2.73. The molecule has 0 saturated carbocycles. The maximum atomic E-state index is 13.6. The van der Waals surface area contributed by atoms with E-state index in [2.05, 4.69) is 29.0 Å². The number of carbonyl (C=O) groups excluding carboxylic acids is 1. The number of anilines is 1. The molecule has 1 fully saturated rings. The van der Waals surface area contributed by atoms with E-state index in [0.29, 0.717) is 13.1 Å². The third kappa shape index (κ3) is 5.01. The lowest BCUT2D eigenvalue weighted by Crippen LogP contribution is -2.50. The molecule has 154 valence electrons. The summed E-state index contributed by atoms with van der Waals surface area (Å²) in [6.07, 6.45) is 6.08. The van der Waals surface area contributed by atoms with Gasteiger partial charge in [-0.1, -0.05) is 25.5 Å². The molecule has 0 atom stereocenters. The zero-order valence-electron chi connectivity index (χ0n) is 17.2. The highest BCUT2D eigenvalue weighted by Gasteiger charge is 2.21. The largest absolute Gasteiger partial charge is 0.353 e. The summed E-state index contributed by atoms with van der Waals surface area (Å²) in [7, 11) is 0. The van der Waals surface area contributed by atoms with Crippen LogP contribution in [0.2, 0.25) is 0 Å². The van der Waals surface area contributed by atoms with Crippen LogP contribution in [0.1, 0.15) is 36.5 Å². The predicted octanol–water partition coefficient (Wildman–Crippen LogP) is 3.37. The first-order valence-corrected chi connectivity index (χ1v) is 10.2. The van der Waals surface area contributed by atoms with E-state index in [1.165, 1.54) is 6.07 Å². The molecule has 3 rings (SSSR count). The van der Waals surface area contributed by atoms with Crippen LogP contribution in [-0.4, -0.2) is 48.5 Å². The molecule has 1 aromatic carbocycles. The minimum absolute atomic E-state index is 0.00618. The van der Waals surface area contributed by atoms with Crippen molar-refractivity contribution in [3.63, 3.8) is 0 Å². The van der Waals surface area contributed by atoms with Gasteiger partial charge in [0.1, 0.15) is 11.6 Å². The average molecular weight is 397 g/mol. The molecule has 29 heavy (non-hydrogen) atoms. The van der Waals surface area contributed by atoms with Crippen molar-refractivity contribution >= 4 is 17.3 Å². The molecule has 0 radical (unpaired) electrons. The molecule has 1 aromatic heterocycles. The normalized spacial score (nSPS) is 15.0. The van der Waals surface area contributed by atoms with Crippen LogP contribution in [0.3, 0.4) is 0 Å². The Labute approximate surface area is 172 Å². The van der Waals surface area contributed by atoms with Crippen LogP contribution in [-0.2, 0) is 4.79 Å². The second kappa shape index (κ2) is 9.65. The molecule has 1 saturated heterocycles. The number of unbranched alkanes of at least 4 members (excludes halogenated alkanes) is 1. The standard InChI is InChI=1S/C23H29FN4O/c1-3-4-5-21(20-8-7-19(24)14-17(20)2)18-6-9-22(26-16-18)27-10-12-28(13-11-27)23(29)15-25/h5-9,14,16H,3-4,10-13,15,25H2,1-2H3/b21-5-. The Morgan fingerprint density at radius 1 is 1.21 bits per heavy atom. The number of benzene rings is 1. The zero-order valence-corrected chi connectivity index (χ0v) is 17.2. The number of allylic oxidation sites excluding steroid dienone is 1. The third-order valence-corrected chi connectivity index (χ3v) is 5.31. The highest BCUT2D eigenvalue weighted by Crippen LogP contribution is 2.28. The summed E-state index contributed by atoms with van der Waals surface area (Å²) < 4.78 is 13.6. The van der Waals surface area contributed by atoms with Crippen molar-refractivity contribution < 1.29 is 9.18 Å². The number of hydrogen-bond acceptors (Lipinski definition) is 4. The van der Waals surface area contributed by atoms with Crippen molar-refractivity contribution in [1.29, 1.82) is 0 Å². The second-order valence-electron chi connectivity index (χ2n) is 7.34. The van der Waals surface area contributed by atoms with Gasteiger partial charge < -0.3 is 15.5 Å². The number of nitrogens with two attached hydrogens (primary N) is 1. The first-order chi connectivity index (χ1) is 14.0. The Morgan fingerprint density at radius 3 is 2.55 bits per heavy atom. The van der Waals surface area contributed by atoms with Gasteiger partial charge in [0.15, 0.2) is 0 Å². The molecule has 0 unspecified atom stereocenters. The topological polar surface area (TPSA) is 62.5 Å². The third-order valence-electron chi connectivity index (χ3n) is 5.31.